The number of anilines is 1. The van der Waals surface area contributed by atoms with Crippen LogP contribution >= 0.6 is 0 Å². The van der Waals surface area contributed by atoms with Crippen molar-refractivity contribution in [2.45, 2.75) is 63.2 Å². The lowest BCUT2D eigenvalue weighted by atomic mass is 9.90. The average molecular weight is 434 g/mol. The second-order valence-corrected chi connectivity index (χ2v) is 7.77. The number of halogens is 2. The zero-order chi connectivity index (χ0) is 22.3. The first kappa shape index (κ1) is 22.8. The van der Waals surface area contributed by atoms with Crippen molar-refractivity contribution in [3.05, 3.63) is 41.2 Å². The van der Waals surface area contributed by atoms with Gasteiger partial charge in [0.25, 0.3) is 0 Å². The summed E-state index contributed by atoms with van der Waals surface area (Å²) in [7, 11) is 1.39. The van der Waals surface area contributed by atoms with Crippen LogP contribution in [0.2, 0.25) is 0 Å². The van der Waals surface area contributed by atoms with E-state index in [0.717, 1.165) is 56.6 Å². The van der Waals surface area contributed by atoms with Crippen LogP contribution in [0.5, 0.6) is 5.88 Å². The number of fused-ring (bicyclic) bond motifs is 1. The standard InChI is InChI=1S/C22H28F2N4O3/c1-31-19-13-12-18(27-28-19)17(22(23,24)21(29)30)9-5-3-2-4-8-16-11-10-15-7-6-14-25-20(15)26-16/h10-13,17H,2-9,14H2,1H3,(H,25,26)(H,29,30)/t17-/m0/s1. The summed E-state index contributed by atoms with van der Waals surface area (Å²) in [5, 5.41) is 19.8. The first-order valence-corrected chi connectivity index (χ1v) is 10.6. The molecule has 0 radical (unpaired) electrons. The van der Waals surface area contributed by atoms with Crippen LogP contribution in [0.3, 0.4) is 0 Å². The summed E-state index contributed by atoms with van der Waals surface area (Å²) in [6, 6.07) is 6.94. The van der Waals surface area contributed by atoms with Crippen LogP contribution in [-0.4, -0.2) is 45.8 Å². The molecule has 0 spiro atoms. The molecule has 3 heterocycles. The average Bonchev–Trinajstić information content (AvgIpc) is 2.78. The highest BCUT2D eigenvalue weighted by Gasteiger charge is 2.48. The molecule has 0 saturated heterocycles. The fourth-order valence-corrected chi connectivity index (χ4v) is 3.81. The van der Waals surface area contributed by atoms with Gasteiger partial charge in [-0.05, 0) is 49.8 Å². The molecule has 0 aromatic carbocycles. The highest BCUT2D eigenvalue weighted by molar-refractivity contribution is 5.76. The van der Waals surface area contributed by atoms with Crippen molar-refractivity contribution in [2.24, 2.45) is 0 Å². The molecule has 168 valence electrons. The third-order valence-electron chi connectivity index (χ3n) is 5.58. The van der Waals surface area contributed by atoms with Gasteiger partial charge in [-0.15, -0.1) is 5.10 Å². The topological polar surface area (TPSA) is 97.2 Å². The van der Waals surface area contributed by atoms with Crippen LogP contribution in [-0.2, 0) is 17.6 Å². The highest BCUT2D eigenvalue weighted by atomic mass is 19.3. The predicted molar refractivity (Wildman–Crippen MR) is 112 cm³/mol. The molecule has 9 heteroatoms. The number of nitrogens with one attached hydrogen (secondary N) is 1. The Hall–Kier alpha value is -2.84. The second-order valence-electron chi connectivity index (χ2n) is 7.77. The number of alkyl halides is 2. The van der Waals surface area contributed by atoms with Crippen molar-refractivity contribution in [3.8, 4) is 5.88 Å². The molecule has 1 atom stereocenters. The maximum Gasteiger partial charge on any atom is 0.375 e. The molecule has 7 nitrogen and oxygen atoms in total. The van der Waals surface area contributed by atoms with Gasteiger partial charge in [-0.3, -0.25) is 0 Å². The van der Waals surface area contributed by atoms with Crippen LogP contribution in [0.15, 0.2) is 24.3 Å². The minimum atomic E-state index is -3.91. The van der Waals surface area contributed by atoms with Gasteiger partial charge >= 0.3 is 11.9 Å². The molecule has 0 amide bonds. The molecule has 1 aliphatic rings. The quantitative estimate of drug-likeness (QED) is 0.511. The van der Waals surface area contributed by atoms with E-state index >= 15 is 0 Å². The SMILES string of the molecule is COc1ccc([C@H](CCCCCCc2ccc3c(n2)NCCC3)C(F)(F)C(=O)O)nn1. The molecule has 2 N–H and O–H groups in total. The number of carbonyl (C=O) groups is 1. The summed E-state index contributed by atoms with van der Waals surface area (Å²) in [4.78, 5) is 15.8. The number of carboxylic acid groups (broad SMARTS) is 1. The number of nitrogens with zero attached hydrogens (tertiary/aromatic N) is 3. The molecule has 0 unspecified atom stereocenters. The third-order valence-corrected chi connectivity index (χ3v) is 5.58. The second kappa shape index (κ2) is 10.5. The monoisotopic (exact) mass is 434 g/mol. The largest absolute Gasteiger partial charge is 0.480 e. The first-order valence-electron chi connectivity index (χ1n) is 10.6. The molecule has 1 aliphatic heterocycles. The van der Waals surface area contributed by atoms with Crippen LogP contribution < -0.4 is 10.1 Å². The number of hydrogen-bond donors (Lipinski definition) is 2. The number of hydrogen-bond acceptors (Lipinski definition) is 6. The van der Waals surface area contributed by atoms with Crippen LogP contribution in [0.4, 0.5) is 14.6 Å². The third kappa shape index (κ3) is 5.86. The number of unbranched alkanes of at least 4 members (excludes halogenated alkanes) is 3. The van der Waals surface area contributed by atoms with Gasteiger partial charge in [0, 0.05) is 18.3 Å². The van der Waals surface area contributed by atoms with E-state index in [9.17, 15) is 13.6 Å². The Bertz CT molecular complexity index is 878. The van der Waals surface area contributed by atoms with Crippen LogP contribution in [0.1, 0.15) is 61.4 Å². The van der Waals surface area contributed by atoms with Gasteiger partial charge < -0.3 is 15.2 Å². The number of carboxylic acids is 1. The number of aromatic nitrogens is 3. The zero-order valence-electron chi connectivity index (χ0n) is 17.6. The van der Waals surface area contributed by atoms with Crippen molar-refractivity contribution in [2.75, 3.05) is 19.0 Å². The lowest BCUT2D eigenvalue weighted by Crippen LogP contribution is -2.36. The van der Waals surface area contributed by atoms with E-state index in [4.69, 9.17) is 9.84 Å². The molecule has 0 aliphatic carbocycles. The minimum Gasteiger partial charge on any atom is -0.480 e. The van der Waals surface area contributed by atoms with E-state index in [1.807, 2.05) is 0 Å². The Labute approximate surface area is 180 Å². The highest BCUT2D eigenvalue weighted by Crippen LogP contribution is 2.37. The summed E-state index contributed by atoms with van der Waals surface area (Å²) in [6.45, 7) is 0.949. The predicted octanol–water partition coefficient (Wildman–Crippen LogP) is 4.24. The molecular formula is C22H28F2N4O3. The van der Waals surface area contributed by atoms with E-state index in [2.05, 4.69) is 32.6 Å². The zero-order valence-corrected chi connectivity index (χ0v) is 17.6. The number of methoxy groups -OCH3 is 1. The van der Waals surface area contributed by atoms with Gasteiger partial charge in [0.05, 0.1) is 18.7 Å². The number of pyridine rings is 1. The molecule has 3 rings (SSSR count). The van der Waals surface area contributed by atoms with Gasteiger partial charge in [-0.25, -0.2) is 9.78 Å². The molecule has 0 bridgehead atoms. The fraction of sp³-hybridized carbons (Fsp3) is 0.545. The van der Waals surface area contributed by atoms with Crippen LogP contribution in [0.25, 0.3) is 0 Å². The Morgan fingerprint density at radius 3 is 2.71 bits per heavy atom. The minimum absolute atomic E-state index is 0.0152. The Balaban J connectivity index is 1.49. The molecule has 2 aromatic rings. The van der Waals surface area contributed by atoms with Gasteiger partial charge in [-0.2, -0.15) is 13.9 Å². The molecule has 31 heavy (non-hydrogen) atoms. The van der Waals surface area contributed by atoms with Crippen molar-refractivity contribution >= 4 is 11.8 Å². The summed E-state index contributed by atoms with van der Waals surface area (Å²) in [6.07, 6.45) is 5.96. The number of aliphatic carboxylic acids is 1. The number of rotatable bonds is 11. The summed E-state index contributed by atoms with van der Waals surface area (Å²) >= 11 is 0. The summed E-state index contributed by atoms with van der Waals surface area (Å²) in [5.41, 5.74) is 2.23. The van der Waals surface area contributed by atoms with Crippen molar-refractivity contribution in [1.29, 1.82) is 0 Å². The van der Waals surface area contributed by atoms with Gasteiger partial charge in [0.2, 0.25) is 5.88 Å². The molecule has 0 fully saturated rings. The van der Waals surface area contributed by atoms with E-state index < -0.39 is 17.8 Å². The Morgan fingerprint density at radius 1 is 1.19 bits per heavy atom. The molecular weight excluding hydrogens is 406 g/mol. The Kier molecular flexibility index (Phi) is 7.70. The fourth-order valence-electron chi connectivity index (χ4n) is 3.81. The van der Waals surface area contributed by atoms with E-state index in [1.165, 1.54) is 24.8 Å². The lowest BCUT2D eigenvalue weighted by Gasteiger charge is -2.22. The van der Waals surface area contributed by atoms with E-state index in [1.54, 1.807) is 0 Å². The number of aryl methyl sites for hydroxylation is 2. The van der Waals surface area contributed by atoms with Crippen molar-refractivity contribution in [1.82, 2.24) is 15.2 Å². The first-order chi connectivity index (χ1) is 14.9. The molecule has 2 aromatic heterocycles. The maximum absolute atomic E-state index is 14.3. The van der Waals surface area contributed by atoms with Gasteiger partial charge in [0.1, 0.15) is 5.82 Å². The van der Waals surface area contributed by atoms with E-state index in [0.29, 0.717) is 6.42 Å². The smallest absolute Gasteiger partial charge is 0.375 e. The van der Waals surface area contributed by atoms with Gasteiger partial charge in [0.15, 0.2) is 0 Å². The number of ether oxygens (including phenoxy) is 1. The summed E-state index contributed by atoms with van der Waals surface area (Å²) < 4.78 is 33.5. The van der Waals surface area contributed by atoms with Crippen LogP contribution in [0, 0.1) is 0 Å². The lowest BCUT2D eigenvalue weighted by molar-refractivity contribution is -0.169. The normalized spacial score (nSPS) is 14.4. The molecule has 0 saturated carbocycles. The van der Waals surface area contributed by atoms with Gasteiger partial charge in [-0.1, -0.05) is 25.3 Å². The Morgan fingerprint density at radius 2 is 2.00 bits per heavy atom. The van der Waals surface area contributed by atoms with Crippen molar-refractivity contribution < 1.29 is 23.4 Å². The maximum atomic E-state index is 14.3. The van der Waals surface area contributed by atoms with Crippen molar-refractivity contribution in [3.63, 3.8) is 0 Å². The van der Waals surface area contributed by atoms with E-state index in [-0.39, 0.29) is 18.0 Å². The summed E-state index contributed by atoms with van der Waals surface area (Å²) in [5.74, 6) is -6.43.